The van der Waals surface area contributed by atoms with Crippen molar-refractivity contribution in [3.05, 3.63) is 70.7 Å². The van der Waals surface area contributed by atoms with Gasteiger partial charge >= 0.3 is 6.36 Å². The number of fused-ring (bicyclic) bond motifs is 3. The molecule has 1 fully saturated rings. The summed E-state index contributed by atoms with van der Waals surface area (Å²) < 4.78 is 72.9. The molecule has 3 aromatic carbocycles. The van der Waals surface area contributed by atoms with Crippen molar-refractivity contribution in [2.75, 3.05) is 13.2 Å². The fourth-order valence-corrected chi connectivity index (χ4v) is 6.21. The van der Waals surface area contributed by atoms with Crippen molar-refractivity contribution in [1.29, 1.82) is 4.78 Å². The van der Waals surface area contributed by atoms with E-state index < -0.39 is 40.2 Å². The van der Waals surface area contributed by atoms with Crippen LogP contribution in [0.15, 0.2) is 65.6 Å². The number of aliphatic hydroxyl groups excluding tert-OH is 1. The molecule has 4 aromatic rings. The average Bonchev–Trinajstić information content (AvgIpc) is 3.12. The molecule has 0 amide bonds. The lowest BCUT2D eigenvalue weighted by atomic mass is 10.0. The van der Waals surface area contributed by atoms with E-state index >= 15 is 0 Å². The molecule has 2 heterocycles. The van der Waals surface area contributed by atoms with Crippen LogP contribution in [-0.2, 0) is 14.7 Å². The summed E-state index contributed by atoms with van der Waals surface area (Å²) in [5.41, 5.74) is 1.56. The van der Waals surface area contributed by atoms with E-state index in [1.165, 1.54) is 0 Å². The topological polar surface area (TPSA) is 96.6 Å². The highest BCUT2D eigenvalue weighted by atomic mass is 35.5. The van der Waals surface area contributed by atoms with Crippen molar-refractivity contribution in [2.45, 2.75) is 29.4 Å². The fourth-order valence-electron chi connectivity index (χ4n) is 4.58. The van der Waals surface area contributed by atoms with Gasteiger partial charge in [-0.1, -0.05) is 23.2 Å². The van der Waals surface area contributed by atoms with Gasteiger partial charge < -0.3 is 19.1 Å². The van der Waals surface area contributed by atoms with Crippen LogP contribution >= 0.6 is 23.2 Å². The number of aromatic nitrogens is 1. The first-order valence-electron chi connectivity index (χ1n) is 11.0. The maximum atomic E-state index is 13.2. The van der Waals surface area contributed by atoms with Crippen molar-refractivity contribution in [2.24, 2.45) is 0 Å². The van der Waals surface area contributed by atoms with Crippen LogP contribution in [-0.4, -0.2) is 45.6 Å². The van der Waals surface area contributed by atoms with E-state index in [2.05, 4.69) is 9.46 Å². The lowest BCUT2D eigenvalue weighted by Crippen LogP contribution is -2.53. The van der Waals surface area contributed by atoms with Gasteiger partial charge in [0.2, 0.25) is 0 Å². The summed E-state index contributed by atoms with van der Waals surface area (Å²) in [5.74, 6) is -0.501. The summed E-state index contributed by atoms with van der Waals surface area (Å²) in [5, 5.41) is 14.1. The minimum atomic E-state index is -4.87. The minimum Gasteiger partial charge on any atom is -0.406 e. The number of ether oxygens (including phenoxy) is 2. The van der Waals surface area contributed by atoms with Gasteiger partial charge in [-0.05, 0) is 60.7 Å². The monoisotopic (exact) mass is 573 g/mol. The second kappa shape index (κ2) is 9.64. The summed E-state index contributed by atoms with van der Waals surface area (Å²) in [6.07, 6.45) is -6.00. The minimum absolute atomic E-state index is 0.0302. The van der Waals surface area contributed by atoms with E-state index in [0.29, 0.717) is 10.0 Å². The number of alkyl halides is 3. The van der Waals surface area contributed by atoms with Crippen molar-refractivity contribution >= 4 is 54.9 Å². The Morgan fingerprint density at radius 3 is 2.11 bits per heavy atom. The van der Waals surface area contributed by atoms with Crippen LogP contribution in [0.2, 0.25) is 10.0 Å². The maximum absolute atomic E-state index is 13.2. The number of rotatable bonds is 5. The third-order valence-electron chi connectivity index (χ3n) is 6.16. The highest BCUT2D eigenvalue weighted by Crippen LogP contribution is 2.37. The summed E-state index contributed by atoms with van der Waals surface area (Å²) >= 11 is 12.5. The molecule has 0 spiro atoms. The molecule has 1 saturated heterocycles. The van der Waals surface area contributed by atoms with Crippen LogP contribution in [0.5, 0.6) is 5.75 Å². The number of benzene rings is 3. The Labute approximate surface area is 219 Å². The van der Waals surface area contributed by atoms with Gasteiger partial charge in [-0.15, -0.1) is 13.2 Å². The first kappa shape index (κ1) is 26.1. The van der Waals surface area contributed by atoms with Gasteiger partial charge in [0.1, 0.15) is 15.7 Å². The largest absolute Gasteiger partial charge is 0.573 e. The number of halogens is 5. The predicted octanol–water partition coefficient (Wildman–Crippen LogP) is 5.91. The van der Waals surface area contributed by atoms with Crippen LogP contribution in [0.3, 0.4) is 0 Å². The van der Waals surface area contributed by atoms with E-state index in [1.54, 1.807) is 24.3 Å². The Hall–Kier alpha value is -2.54. The second-order valence-electron chi connectivity index (χ2n) is 8.59. The van der Waals surface area contributed by atoms with Crippen LogP contribution in [0, 0.1) is 4.78 Å². The van der Waals surface area contributed by atoms with E-state index in [4.69, 9.17) is 32.7 Å². The number of nitrogens with one attached hydrogen (secondary N) is 2. The van der Waals surface area contributed by atoms with Crippen molar-refractivity contribution in [1.82, 2.24) is 9.29 Å². The van der Waals surface area contributed by atoms with Crippen molar-refractivity contribution in [3.8, 4) is 5.75 Å². The first-order valence-corrected chi connectivity index (χ1v) is 13.3. The summed E-state index contributed by atoms with van der Waals surface area (Å²) in [6, 6.07) is 13.4. The molecule has 196 valence electrons. The standard InChI is InChI=1S/C24H20Cl2F3N3O4S/c25-13-1-7-20-17(9-13)18-10-14(26)2-8-21(18)32(20)22-12-35-11-19(23(22)33)31-37(30,34)16-5-3-15(4-6-16)36-24(27,28)29/h1-10,19,22-23,33H,11-12H2,(H2,30,31,34)/t19-,22-,23+,37?/m0/s1. The molecular formula is C24H20Cl2F3N3O4S. The number of nitrogens with zero attached hydrogens (tertiary/aromatic N) is 1. The van der Waals surface area contributed by atoms with Gasteiger partial charge in [0.15, 0.2) is 0 Å². The number of hydrogen-bond acceptors (Lipinski definition) is 5. The molecule has 1 unspecified atom stereocenters. The molecule has 37 heavy (non-hydrogen) atoms. The lowest BCUT2D eigenvalue weighted by molar-refractivity contribution is -0.274. The molecule has 4 atom stereocenters. The van der Waals surface area contributed by atoms with Crippen LogP contribution in [0.1, 0.15) is 6.04 Å². The maximum Gasteiger partial charge on any atom is 0.573 e. The Morgan fingerprint density at radius 2 is 1.57 bits per heavy atom. The molecule has 1 aliphatic heterocycles. The highest BCUT2D eigenvalue weighted by Gasteiger charge is 2.37. The number of aliphatic hydroxyl groups is 1. The number of hydrogen-bond donors (Lipinski definition) is 3. The predicted molar refractivity (Wildman–Crippen MR) is 135 cm³/mol. The highest BCUT2D eigenvalue weighted by molar-refractivity contribution is 7.90. The first-order chi connectivity index (χ1) is 17.4. The Bertz CT molecular complexity index is 1520. The van der Waals surface area contributed by atoms with Crippen molar-refractivity contribution < 1.29 is 32.0 Å². The van der Waals surface area contributed by atoms with Crippen molar-refractivity contribution in [3.63, 3.8) is 0 Å². The van der Waals surface area contributed by atoms with Crippen LogP contribution in [0.4, 0.5) is 13.2 Å². The molecule has 0 radical (unpaired) electrons. The Morgan fingerprint density at radius 1 is 1.00 bits per heavy atom. The normalized spacial score (nSPS) is 22.3. The molecule has 7 nitrogen and oxygen atoms in total. The molecule has 1 aliphatic rings. The molecular weight excluding hydrogens is 554 g/mol. The Balaban J connectivity index is 1.45. The van der Waals surface area contributed by atoms with Crippen LogP contribution in [0.25, 0.3) is 21.8 Å². The van der Waals surface area contributed by atoms with E-state index in [-0.39, 0.29) is 18.1 Å². The fraction of sp³-hybridized carbons (Fsp3) is 0.250. The lowest BCUT2D eigenvalue weighted by Gasteiger charge is -2.37. The molecule has 13 heteroatoms. The van der Waals surface area contributed by atoms with Gasteiger partial charge in [-0.2, -0.15) is 0 Å². The van der Waals surface area contributed by atoms with E-state index in [1.807, 2.05) is 16.7 Å². The SMILES string of the molecule is N=S(=O)(N[C@H]1COC[C@H](n2c3ccc(Cl)cc3c3cc(Cl)ccc32)[C@@H]1O)c1ccc(OC(F)(F)F)cc1. The van der Waals surface area contributed by atoms with Crippen LogP contribution < -0.4 is 9.46 Å². The molecule has 3 N–H and O–H groups in total. The molecule has 0 bridgehead atoms. The molecule has 0 saturated carbocycles. The molecule has 1 aromatic heterocycles. The Kier molecular flexibility index (Phi) is 6.80. The summed E-state index contributed by atoms with van der Waals surface area (Å²) in [7, 11) is -3.71. The zero-order valence-corrected chi connectivity index (χ0v) is 21.2. The zero-order valence-electron chi connectivity index (χ0n) is 18.8. The van der Waals surface area contributed by atoms with Gasteiger partial charge in [0.05, 0.1) is 36.3 Å². The second-order valence-corrected chi connectivity index (χ2v) is 11.3. The average molecular weight is 574 g/mol. The molecule has 0 aliphatic carbocycles. The van der Waals surface area contributed by atoms with Gasteiger partial charge in [0, 0.05) is 31.9 Å². The molecule has 5 rings (SSSR count). The van der Waals surface area contributed by atoms with Gasteiger partial charge in [0.25, 0.3) is 0 Å². The quantitative estimate of drug-likeness (QED) is 0.276. The van der Waals surface area contributed by atoms with Gasteiger partial charge in [-0.3, -0.25) is 0 Å². The summed E-state index contributed by atoms with van der Waals surface area (Å²) in [6.45, 7) is 0.115. The van der Waals surface area contributed by atoms with E-state index in [9.17, 15) is 22.5 Å². The third-order valence-corrected chi connectivity index (χ3v) is 8.20. The van der Waals surface area contributed by atoms with E-state index in [0.717, 1.165) is 46.1 Å². The smallest absolute Gasteiger partial charge is 0.406 e. The third kappa shape index (κ3) is 5.25. The summed E-state index contributed by atoms with van der Waals surface area (Å²) in [4.78, 5) is -0.0718. The zero-order chi connectivity index (χ0) is 26.5. The van der Waals surface area contributed by atoms with Gasteiger partial charge in [-0.25, -0.2) is 13.7 Å².